The van der Waals surface area contributed by atoms with E-state index in [1.807, 2.05) is 0 Å². The second-order valence-electron chi connectivity index (χ2n) is 4.28. The maximum Gasteiger partial charge on any atom is 0.165 e. The molecule has 0 amide bonds. The van der Waals surface area contributed by atoms with Gasteiger partial charge >= 0.3 is 0 Å². The summed E-state index contributed by atoms with van der Waals surface area (Å²) in [6.07, 6.45) is -1.20. The predicted octanol–water partition coefficient (Wildman–Crippen LogP) is -2.77. The van der Waals surface area contributed by atoms with Crippen molar-refractivity contribution in [2.75, 3.05) is 6.61 Å². The molecule has 2 unspecified atom stereocenters. The Morgan fingerprint density at radius 2 is 2.05 bits per heavy atom. The van der Waals surface area contributed by atoms with Crippen LogP contribution in [0.25, 0.3) is 11.2 Å². The molecular formula is C10H11N4O4Si. The van der Waals surface area contributed by atoms with Crippen LogP contribution in [0.15, 0.2) is 12.7 Å². The molecule has 0 aromatic carbocycles. The van der Waals surface area contributed by atoms with E-state index in [0.717, 1.165) is 0 Å². The summed E-state index contributed by atoms with van der Waals surface area (Å²) < 4.78 is 6.93. The zero-order valence-electron chi connectivity index (χ0n) is 9.71. The lowest BCUT2D eigenvalue weighted by Crippen LogP contribution is -2.33. The van der Waals surface area contributed by atoms with E-state index in [-0.39, 0.29) is 6.61 Å². The van der Waals surface area contributed by atoms with Gasteiger partial charge in [-0.2, -0.15) is 0 Å². The van der Waals surface area contributed by atoms with Gasteiger partial charge < -0.3 is 20.1 Å². The van der Waals surface area contributed by atoms with Gasteiger partial charge in [-0.25, -0.2) is 15.0 Å². The van der Waals surface area contributed by atoms with Crippen molar-refractivity contribution in [1.82, 2.24) is 19.5 Å². The molecule has 1 aliphatic rings. The van der Waals surface area contributed by atoms with E-state index >= 15 is 0 Å². The van der Waals surface area contributed by atoms with Crippen LogP contribution in [-0.2, 0) is 4.74 Å². The number of hydrogen-bond donors (Lipinski definition) is 3. The number of aliphatic hydroxyl groups is 3. The third-order valence-electron chi connectivity index (χ3n) is 3.15. The standard InChI is InChI=1S/C10H11N4O4Si/c15-1-4-6(16)7(17)10(18-4)14-3-13-5-8(14)11-2-12-9(5)19/h2-4,6-7,10,15-17H,1H2/t4-,6?,7?,10-/m1/s1. The van der Waals surface area contributed by atoms with Gasteiger partial charge in [0.25, 0.3) is 0 Å². The lowest BCUT2D eigenvalue weighted by Gasteiger charge is -2.16. The third-order valence-corrected chi connectivity index (χ3v) is 3.52. The largest absolute Gasteiger partial charge is 0.394 e. The van der Waals surface area contributed by atoms with E-state index in [9.17, 15) is 10.2 Å². The molecular weight excluding hydrogens is 268 g/mol. The van der Waals surface area contributed by atoms with E-state index in [1.165, 1.54) is 17.2 Å². The summed E-state index contributed by atoms with van der Waals surface area (Å²) in [4.78, 5) is 12.2. The molecule has 19 heavy (non-hydrogen) atoms. The van der Waals surface area contributed by atoms with Crippen LogP contribution >= 0.6 is 0 Å². The van der Waals surface area contributed by atoms with Gasteiger partial charge in [0.1, 0.15) is 40.4 Å². The summed E-state index contributed by atoms with van der Waals surface area (Å²) in [6, 6.07) is 0. The topological polar surface area (TPSA) is 114 Å². The Morgan fingerprint density at radius 1 is 1.26 bits per heavy atom. The summed E-state index contributed by atoms with van der Waals surface area (Å²) in [7, 11) is 3.31. The molecule has 4 atom stereocenters. The van der Waals surface area contributed by atoms with Gasteiger partial charge in [-0.1, -0.05) is 0 Å². The van der Waals surface area contributed by atoms with Crippen LogP contribution < -0.4 is 5.32 Å². The molecule has 1 saturated heterocycles. The Balaban J connectivity index is 2.04. The maximum atomic E-state index is 9.97. The van der Waals surface area contributed by atoms with Crippen molar-refractivity contribution in [3.8, 4) is 0 Å². The molecule has 2 aromatic heterocycles. The first-order chi connectivity index (χ1) is 9.13. The normalized spacial score (nSPS) is 31.2. The minimum atomic E-state index is -1.16. The molecule has 2 aromatic rings. The van der Waals surface area contributed by atoms with Gasteiger partial charge in [-0.15, -0.1) is 0 Å². The van der Waals surface area contributed by atoms with E-state index < -0.39 is 24.5 Å². The predicted molar refractivity (Wildman–Crippen MR) is 63.7 cm³/mol. The Bertz CT molecular complexity index is 606. The molecule has 9 heteroatoms. The number of rotatable bonds is 2. The third kappa shape index (κ3) is 1.86. The molecule has 1 fully saturated rings. The molecule has 99 valence electrons. The fourth-order valence-electron chi connectivity index (χ4n) is 2.15. The molecule has 8 nitrogen and oxygen atoms in total. The molecule has 0 spiro atoms. The number of ether oxygens (including phenoxy) is 1. The molecule has 0 bridgehead atoms. The van der Waals surface area contributed by atoms with Crippen LogP contribution in [0, 0.1) is 0 Å². The highest BCUT2D eigenvalue weighted by atomic mass is 28.1. The van der Waals surface area contributed by atoms with Crippen molar-refractivity contribution < 1.29 is 20.1 Å². The fraction of sp³-hybridized carbons (Fsp3) is 0.500. The number of nitrogens with zero attached hydrogens (tertiary/aromatic N) is 4. The van der Waals surface area contributed by atoms with E-state index in [4.69, 9.17) is 9.84 Å². The molecule has 3 heterocycles. The quantitative estimate of drug-likeness (QED) is 0.510. The number of aromatic nitrogens is 4. The SMILES string of the molecule is OC[C@H]1O[C@@H](n2cnc3c([Si])ncnc32)C(O)C1O. The number of aliphatic hydroxyl groups excluding tert-OH is 3. The van der Waals surface area contributed by atoms with Gasteiger partial charge in [0, 0.05) is 5.32 Å². The van der Waals surface area contributed by atoms with Gasteiger partial charge in [0.2, 0.25) is 0 Å². The lowest BCUT2D eigenvalue weighted by molar-refractivity contribution is -0.0511. The maximum absolute atomic E-state index is 9.97. The Labute approximate surface area is 111 Å². The molecule has 3 radical (unpaired) electrons. The van der Waals surface area contributed by atoms with Crippen molar-refractivity contribution in [2.45, 2.75) is 24.5 Å². The lowest BCUT2D eigenvalue weighted by atomic mass is 10.1. The van der Waals surface area contributed by atoms with Crippen molar-refractivity contribution in [1.29, 1.82) is 0 Å². The highest BCUT2D eigenvalue weighted by molar-refractivity contribution is 6.36. The van der Waals surface area contributed by atoms with Crippen LogP contribution in [0.4, 0.5) is 0 Å². The Morgan fingerprint density at radius 3 is 2.74 bits per heavy atom. The second kappa shape index (κ2) is 4.61. The first-order valence-corrected chi connectivity index (χ1v) is 6.15. The Hall–Kier alpha value is -1.39. The first kappa shape index (κ1) is 12.6. The minimum Gasteiger partial charge on any atom is -0.394 e. The van der Waals surface area contributed by atoms with Crippen LogP contribution in [-0.4, -0.2) is 70.0 Å². The summed E-state index contributed by atoms with van der Waals surface area (Å²) in [6.45, 7) is -0.375. The smallest absolute Gasteiger partial charge is 0.165 e. The Kier molecular flexibility index (Phi) is 3.07. The molecule has 1 aliphatic heterocycles. The first-order valence-electron chi connectivity index (χ1n) is 5.65. The van der Waals surface area contributed by atoms with Crippen molar-refractivity contribution in [3.05, 3.63) is 12.7 Å². The summed E-state index contributed by atoms with van der Waals surface area (Å²) in [5, 5.41) is 29.3. The summed E-state index contributed by atoms with van der Waals surface area (Å²) >= 11 is 0. The average Bonchev–Trinajstić information content (AvgIpc) is 2.94. The highest BCUT2D eigenvalue weighted by Gasteiger charge is 2.43. The minimum absolute atomic E-state index is 0.375. The number of imidazole rings is 1. The van der Waals surface area contributed by atoms with Crippen LogP contribution in [0.1, 0.15) is 6.23 Å². The van der Waals surface area contributed by atoms with Crippen molar-refractivity contribution in [3.63, 3.8) is 0 Å². The van der Waals surface area contributed by atoms with Crippen LogP contribution in [0.3, 0.4) is 0 Å². The fourth-order valence-corrected chi connectivity index (χ4v) is 2.38. The zero-order valence-corrected chi connectivity index (χ0v) is 10.7. The molecule has 3 N–H and O–H groups in total. The van der Waals surface area contributed by atoms with E-state index in [2.05, 4.69) is 25.2 Å². The second-order valence-corrected chi connectivity index (χ2v) is 4.75. The van der Waals surface area contributed by atoms with Crippen molar-refractivity contribution in [2.24, 2.45) is 0 Å². The average molecular weight is 279 g/mol. The van der Waals surface area contributed by atoms with Gasteiger partial charge in [-0.05, 0) is 0 Å². The van der Waals surface area contributed by atoms with Crippen molar-refractivity contribution >= 4 is 26.7 Å². The van der Waals surface area contributed by atoms with Gasteiger partial charge in [0.15, 0.2) is 11.9 Å². The van der Waals surface area contributed by atoms with Crippen LogP contribution in [0.2, 0.25) is 0 Å². The highest BCUT2D eigenvalue weighted by Crippen LogP contribution is 2.30. The van der Waals surface area contributed by atoms with Crippen LogP contribution in [0.5, 0.6) is 0 Å². The van der Waals surface area contributed by atoms with Gasteiger partial charge in [-0.3, -0.25) is 4.57 Å². The van der Waals surface area contributed by atoms with Gasteiger partial charge in [0.05, 0.1) is 12.9 Å². The monoisotopic (exact) mass is 279 g/mol. The van der Waals surface area contributed by atoms with E-state index in [0.29, 0.717) is 16.5 Å². The van der Waals surface area contributed by atoms with E-state index in [1.54, 1.807) is 0 Å². The molecule has 3 rings (SSSR count). The zero-order chi connectivity index (χ0) is 13.6. The number of fused-ring (bicyclic) bond motifs is 1. The number of hydrogen-bond acceptors (Lipinski definition) is 7. The summed E-state index contributed by atoms with van der Waals surface area (Å²) in [5.74, 6) is 0. The molecule has 0 aliphatic carbocycles. The summed E-state index contributed by atoms with van der Waals surface area (Å²) in [5.41, 5.74) is 0.992. The molecule has 0 saturated carbocycles.